The molecule has 4 nitrogen and oxygen atoms in total. The van der Waals surface area contributed by atoms with Crippen molar-refractivity contribution in [3.63, 3.8) is 0 Å². The third-order valence-corrected chi connectivity index (χ3v) is 1.87. The Morgan fingerprint density at radius 3 is 2.59 bits per heavy atom. The zero-order chi connectivity index (χ0) is 13.1. The molecule has 0 atom stereocenters. The Hall–Kier alpha value is -1.79. The van der Waals surface area contributed by atoms with Gasteiger partial charge < -0.3 is 9.47 Å². The Bertz CT molecular complexity index is 418. The largest absolute Gasteiger partial charge is 0.496 e. The van der Waals surface area contributed by atoms with Crippen molar-refractivity contribution in [3.8, 4) is 5.75 Å². The van der Waals surface area contributed by atoms with Crippen LogP contribution in [-0.4, -0.2) is 24.7 Å². The molecule has 17 heavy (non-hydrogen) atoms. The minimum Gasteiger partial charge on any atom is -0.496 e. The molecule has 0 fully saturated rings. The van der Waals surface area contributed by atoms with Crippen LogP contribution in [-0.2, 0) is 10.9 Å². The topological polar surface area (TPSA) is 48.4 Å². The first-order chi connectivity index (χ1) is 7.90. The number of methoxy groups -OCH3 is 1. The first-order valence-electron chi connectivity index (χ1n) is 4.68. The van der Waals surface area contributed by atoms with E-state index >= 15 is 0 Å². The molecule has 1 heterocycles. The summed E-state index contributed by atoms with van der Waals surface area (Å²) in [5.41, 5.74) is -1.26. The van der Waals surface area contributed by atoms with E-state index in [2.05, 4.69) is 9.72 Å². The van der Waals surface area contributed by atoms with Gasteiger partial charge in [0, 0.05) is 12.3 Å². The van der Waals surface area contributed by atoms with E-state index in [1.165, 1.54) is 0 Å². The summed E-state index contributed by atoms with van der Waals surface area (Å²) >= 11 is 0. The fourth-order valence-corrected chi connectivity index (χ4v) is 1.12. The number of carbonyl (C=O) groups excluding carboxylic acids is 1. The second kappa shape index (κ2) is 5.03. The number of pyridine rings is 1. The molecule has 0 amide bonds. The molecule has 94 valence electrons. The summed E-state index contributed by atoms with van der Waals surface area (Å²) in [7, 11) is 1.16. The molecule has 0 spiro atoms. The van der Waals surface area contributed by atoms with Crippen LogP contribution in [0.2, 0.25) is 0 Å². The second-order valence-corrected chi connectivity index (χ2v) is 2.99. The van der Waals surface area contributed by atoms with Gasteiger partial charge in [0.1, 0.15) is 17.0 Å². The van der Waals surface area contributed by atoms with E-state index in [1.54, 1.807) is 6.92 Å². The van der Waals surface area contributed by atoms with Gasteiger partial charge in [0.15, 0.2) is 0 Å². The second-order valence-electron chi connectivity index (χ2n) is 2.99. The number of ether oxygens (including phenoxy) is 2. The monoisotopic (exact) mass is 249 g/mol. The quantitative estimate of drug-likeness (QED) is 0.771. The molecule has 1 aromatic heterocycles. The Labute approximate surface area is 95.4 Å². The summed E-state index contributed by atoms with van der Waals surface area (Å²) in [6.45, 7) is 1.70. The van der Waals surface area contributed by atoms with E-state index in [-0.39, 0.29) is 17.9 Å². The Kier molecular flexibility index (Phi) is 3.93. The van der Waals surface area contributed by atoms with E-state index in [0.29, 0.717) is 6.07 Å². The number of hydrogen-bond acceptors (Lipinski definition) is 4. The smallest absolute Gasteiger partial charge is 0.433 e. The van der Waals surface area contributed by atoms with Crippen molar-refractivity contribution in [2.24, 2.45) is 0 Å². The maximum Gasteiger partial charge on any atom is 0.433 e. The van der Waals surface area contributed by atoms with E-state index in [4.69, 9.17) is 4.74 Å². The van der Waals surface area contributed by atoms with Gasteiger partial charge in [-0.2, -0.15) is 13.2 Å². The molecule has 0 aliphatic carbocycles. The first kappa shape index (κ1) is 13.3. The van der Waals surface area contributed by atoms with Gasteiger partial charge in [-0.25, -0.2) is 4.79 Å². The van der Waals surface area contributed by atoms with Crippen molar-refractivity contribution in [2.75, 3.05) is 13.7 Å². The summed E-state index contributed by atoms with van der Waals surface area (Å²) in [5.74, 6) is -0.989. The summed E-state index contributed by atoms with van der Waals surface area (Å²) in [6.07, 6.45) is -3.79. The minimum atomic E-state index is -4.58. The molecule has 0 saturated carbocycles. The third-order valence-electron chi connectivity index (χ3n) is 1.87. The molecule has 1 aromatic rings. The molecule has 1 rings (SSSR count). The van der Waals surface area contributed by atoms with Crippen molar-refractivity contribution >= 4 is 5.97 Å². The van der Waals surface area contributed by atoms with Gasteiger partial charge in [0.05, 0.1) is 13.7 Å². The van der Waals surface area contributed by atoms with E-state index in [1.807, 2.05) is 0 Å². The van der Waals surface area contributed by atoms with Gasteiger partial charge in [-0.15, -0.1) is 0 Å². The van der Waals surface area contributed by atoms with Crippen LogP contribution < -0.4 is 4.74 Å². The maximum atomic E-state index is 12.4. The van der Waals surface area contributed by atoms with Crippen molar-refractivity contribution in [3.05, 3.63) is 23.5 Å². The van der Waals surface area contributed by atoms with Crippen LogP contribution >= 0.6 is 0 Å². The highest BCUT2D eigenvalue weighted by Gasteiger charge is 2.33. The Morgan fingerprint density at radius 2 is 2.12 bits per heavy atom. The summed E-state index contributed by atoms with van der Waals surface area (Å²) in [4.78, 5) is 14.5. The summed E-state index contributed by atoms with van der Waals surface area (Å²) in [5, 5.41) is 0. The Balaban J connectivity index is 3.14. The highest BCUT2D eigenvalue weighted by molar-refractivity contribution is 5.92. The molecule has 0 saturated heterocycles. The number of nitrogens with zero attached hydrogens (tertiary/aromatic N) is 1. The molecule has 0 radical (unpaired) electrons. The van der Waals surface area contributed by atoms with Gasteiger partial charge >= 0.3 is 12.1 Å². The zero-order valence-electron chi connectivity index (χ0n) is 9.17. The van der Waals surface area contributed by atoms with Crippen LogP contribution in [0.5, 0.6) is 5.75 Å². The lowest BCUT2D eigenvalue weighted by Gasteiger charge is -2.10. The normalized spacial score (nSPS) is 11.1. The number of hydrogen-bond donors (Lipinski definition) is 0. The maximum absolute atomic E-state index is 12.4. The van der Waals surface area contributed by atoms with E-state index < -0.39 is 17.8 Å². The van der Waals surface area contributed by atoms with Crippen LogP contribution in [0.15, 0.2) is 12.3 Å². The lowest BCUT2D eigenvalue weighted by Crippen LogP contribution is -2.12. The third kappa shape index (κ3) is 3.08. The average Bonchev–Trinajstić information content (AvgIpc) is 2.27. The lowest BCUT2D eigenvalue weighted by atomic mass is 10.2. The van der Waals surface area contributed by atoms with Crippen LogP contribution in [0.1, 0.15) is 23.0 Å². The summed E-state index contributed by atoms with van der Waals surface area (Å²) in [6, 6.07) is 0.659. The van der Waals surface area contributed by atoms with Crippen LogP contribution in [0, 0.1) is 0 Å². The number of rotatable bonds is 3. The lowest BCUT2D eigenvalue weighted by molar-refractivity contribution is -0.141. The number of alkyl halides is 3. The minimum absolute atomic E-state index is 0.114. The highest BCUT2D eigenvalue weighted by atomic mass is 19.4. The SMILES string of the molecule is CCOC(=O)c1cnc(C(F)(F)F)cc1OC. The Morgan fingerprint density at radius 1 is 1.47 bits per heavy atom. The van der Waals surface area contributed by atoms with E-state index in [0.717, 1.165) is 13.3 Å². The molecular formula is C10H10F3NO3. The van der Waals surface area contributed by atoms with Gasteiger partial charge in [-0.05, 0) is 6.92 Å². The number of halogens is 3. The molecule has 0 aliphatic heterocycles. The van der Waals surface area contributed by atoms with Gasteiger partial charge in [0.2, 0.25) is 0 Å². The molecule has 0 bridgehead atoms. The molecule has 7 heteroatoms. The zero-order valence-corrected chi connectivity index (χ0v) is 9.17. The number of esters is 1. The van der Waals surface area contributed by atoms with Gasteiger partial charge in [0.25, 0.3) is 0 Å². The predicted molar refractivity (Wildman–Crippen MR) is 51.7 cm³/mol. The molecule has 0 aromatic carbocycles. The molecule has 0 aliphatic rings. The average molecular weight is 249 g/mol. The van der Waals surface area contributed by atoms with Gasteiger partial charge in [-0.1, -0.05) is 0 Å². The van der Waals surface area contributed by atoms with Crippen molar-refractivity contribution in [2.45, 2.75) is 13.1 Å². The fraction of sp³-hybridized carbons (Fsp3) is 0.400. The fourth-order valence-electron chi connectivity index (χ4n) is 1.12. The van der Waals surface area contributed by atoms with Crippen LogP contribution in [0.25, 0.3) is 0 Å². The van der Waals surface area contributed by atoms with Crippen molar-refractivity contribution < 1.29 is 27.4 Å². The molecular weight excluding hydrogens is 239 g/mol. The standard InChI is InChI=1S/C10H10F3NO3/c1-3-17-9(15)6-5-14-8(10(11,12)13)4-7(6)16-2/h4-5H,3H2,1-2H3. The molecule has 0 N–H and O–H groups in total. The predicted octanol–water partition coefficient (Wildman–Crippen LogP) is 2.29. The highest BCUT2D eigenvalue weighted by Crippen LogP contribution is 2.31. The van der Waals surface area contributed by atoms with Crippen molar-refractivity contribution in [1.82, 2.24) is 4.98 Å². The van der Waals surface area contributed by atoms with E-state index in [9.17, 15) is 18.0 Å². The van der Waals surface area contributed by atoms with Gasteiger partial charge in [-0.3, -0.25) is 4.98 Å². The number of aromatic nitrogens is 1. The molecule has 0 unspecified atom stereocenters. The van der Waals surface area contributed by atoms with Crippen LogP contribution in [0.3, 0.4) is 0 Å². The first-order valence-corrected chi connectivity index (χ1v) is 4.68. The number of carbonyl (C=O) groups is 1. The van der Waals surface area contributed by atoms with Crippen molar-refractivity contribution in [1.29, 1.82) is 0 Å². The summed E-state index contributed by atoms with van der Waals surface area (Å²) < 4.78 is 46.4. The van der Waals surface area contributed by atoms with Crippen LogP contribution in [0.4, 0.5) is 13.2 Å².